The highest BCUT2D eigenvalue weighted by atomic mass is 14.9. The first-order valence-electron chi connectivity index (χ1n) is 11.4. The number of allylic oxidation sites excluding steroid dienone is 4. The van der Waals surface area contributed by atoms with E-state index in [0.717, 1.165) is 23.2 Å². The monoisotopic (exact) mass is 411 g/mol. The Hall–Kier alpha value is -3.84. The molecule has 0 aliphatic heterocycles. The third kappa shape index (κ3) is 3.90. The van der Waals surface area contributed by atoms with Gasteiger partial charge in [0, 0.05) is 11.4 Å². The fourth-order valence-corrected chi connectivity index (χ4v) is 4.52. The molecule has 1 heteroatoms. The van der Waals surface area contributed by atoms with E-state index >= 15 is 0 Å². The van der Waals surface area contributed by atoms with E-state index in [-0.39, 0.29) is 0 Å². The van der Waals surface area contributed by atoms with Gasteiger partial charge in [-0.05, 0) is 82.0 Å². The van der Waals surface area contributed by atoms with Crippen molar-refractivity contribution in [2.45, 2.75) is 6.42 Å². The van der Waals surface area contributed by atoms with Crippen molar-refractivity contribution in [3.05, 3.63) is 127 Å². The number of hydrogen-bond acceptors (Lipinski definition) is 1. The Labute approximate surface area is 189 Å². The Kier molecular flexibility index (Phi) is 4.73. The Balaban J connectivity index is 1.17. The van der Waals surface area contributed by atoms with E-state index in [1.807, 2.05) is 0 Å². The van der Waals surface area contributed by atoms with Gasteiger partial charge in [-0.3, -0.25) is 0 Å². The van der Waals surface area contributed by atoms with Gasteiger partial charge in [-0.25, -0.2) is 0 Å². The maximum Gasteiger partial charge on any atom is 0.0384 e. The molecular formula is C31H25N. The standard InChI is InChI=1S/C31H25N/c1-2-5-22(6-3-1)25-7-4-8-26(19-25)23-11-15-30(16-12-23)32-31-17-13-24(14-18-31)27-9-10-28-21-29(28)20-27/h1-20,28-29,32H,21H2. The minimum Gasteiger partial charge on any atom is -0.356 e. The number of benzene rings is 4. The lowest BCUT2D eigenvalue weighted by Crippen LogP contribution is -1.92. The second kappa shape index (κ2) is 8.01. The second-order valence-electron chi connectivity index (χ2n) is 8.77. The zero-order chi connectivity index (χ0) is 21.3. The molecule has 4 aromatic rings. The summed E-state index contributed by atoms with van der Waals surface area (Å²) in [6.45, 7) is 0. The number of fused-ring (bicyclic) bond motifs is 1. The molecule has 2 aliphatic carbocycles. The molecule has 0 saturated heterocycles. The van der Waals surface area contributed by atoms with E-state index in [9.17, 15) is 0 Å². The summed E-state index contributed by atoms with van der Waals surface area (Å²) in [5.41, 5.74) is 9.80. The zero-order valence-electron chi connectivity index (χ0n) is 17.9. The van der Waals surface area contributed by atoms with E-state index in [4.69, 9.17) is 0 Å². The molecule has 32 heavy (non-hydrogen) atoms. The first-order valence-corrected chi connectivity index (χ1v) is 11.4. The molecule has 154 valence electrons. The van der Waals surface area contributed by atoms with Gasteiger partial charge in [0.1, 0.15) is 0 Å². The third-order valence-corrected chi connectivity index (χ3v) is 6.50. The first kappa shape index (κ1) is 18.9. The minimum atomic E-state index is 0.778. The maximum atomic E-state index is 3.53. The van der Waals surface area contributed by atoms with Crippen molar-refractivity contribution in [2.75, 3.05) is 5.32 Å². The summed E-state index contributed by atoms with van der Waals surface area (Å²) in [5.74, 6) is 1.59. The van der Waals surface area contributed by atoms with Crippen LogP contribution in [-0.2, 0) is 0 Å². The first-order chi connectivity index (χ1) is 15.8. The average Bonchev–Trinajstić information content (AvgIpc) is 3.65. The maximum absolute atomic E-state index is 3.53. The van der Waals surface area contributed by atoms with Crippen LogP contribution < -0.4 is 5.32 Å². The van der Waals surface area contributed by atoms with Crippen LogP contribution in [0.3, 0.4) is 0 Å². The van der Waals surface area contributed by atoms with Crippen LogP contribution in [0.1, 0.15) is 12.0 Å². The van der Waals surface area contributed by atoms with Crippen LogP contribution in [0.25, 0.3) is 27.8 Å². The summed E-state index contributed by atoms with van der Waals surface area (Å²) in [4.78, 5) is 0. The quantitative estimate of drug-likeness (QED) is 0.348. The highest BCUT2D eigenvalue weighted by Crippen LogP contribution is 2.46. The largest absolute Gasteiger partial charge is 0.356 e. The van der Waals surface area contributed by atoms with Gasteiger partial charge in [-0.15, -0.1) is 0 Å². The zero-order valence-corrected chi connectivity index (χ0v) is 17.9. The second-order valence-corrected chi connectivity index (χ2v) is 8.77. The SMILES string of the molecule is C1=CC2CC2C=C1c1ccc(Nc2ccc(-c3cccc(-c4ccccc4)c3)cc2)cc1. The van der Waals surface area contributed by atoms with Crippen molar-refractivity contribution >= 4 is 16.9 Å². The highest BCUT2D eigenvalue weighted by Gasteiger charge is 2.34. The van der Waals surface area contributed by atoms with Gasteiger partial charge in [0.15, 0.2) is 0 Å². The van der Waals surface area contributed by atoms with Gasteiger partial charge in [-0.1, -0.05) is 91.0 Å². The van der Waals surface area contributed by atoms with Gasteiger partial charge in [-0.2, -0.15) is 0 Å². The van der Waals surface area contributed by atoms with E-state index in [0.29, 0.717) is 0 Å². The van der Waals surface area contributed by atoms with Crippen LogP contribution >= 0.6 is 0 Å². The third-order valence-electron chi connectivity index (χ3n) is 6.50. The molecule has 1 N–H and O–H groups in total. The minimum absolute atomic E-state index is 0.778. The van der Waals surface area contributed by atoms with E-state index in [1.165, 1.54) is 39.8 Å². The summed E-state index contributed by atoms with van der Waals surface area (Å²) < 4.78 is 0. The Morgan fingerprint density at radius 2 is 1.12 bits per heavy atom. The topological polar surface area (TPSA) is 12.0 Å². The number of hydrogen-bond donors (Lipinski definition) is 1. The molecule has 0 spiro atoms. The van der Waals surface area contributed by atoms with Gasteiger partial charge < -0.3 is 5.32 Å². The van der Waals surface area contributed by atoms with Crippen molar-refractivity contribution in [1.82, 2.24) is 0 Å². The van der Waals surface area contributed by atoms with Crippen molar-refractivity contribution in [3.63, 3.8) is 0 Å². The molecule has 6 rings (SSSR count). The number of rotatable bonds is 5. The Morgan fingerprint density at radius 3 is 1.78 bits per heavy atom. The summed E-state index contributed by atoms with van der Waals surface area (Å²) in [6.07, 6.45) is 8.40. The summed E-state index contributed by atoms with van der Waals surface area (Å²) in [5, 5.41) is 3.53. The molecule has 4 aromatic carbocycles. The molecule has 2 unspecified atom stereocenters. The average molecular weight is 412 g/mol. The van der Waals surface area contributed by atoms with Crippen LogP contribution in [0.2, 0.25) is 0 Å². The number of nitrogens with one attached hydrogen (secondary N) is 1. The Bertz CT molecular complexity index is 1290. The van der Waals surface area contributed by atoms with Crippen LogP contribution in [0.4, 0.5) is 11.4 Å². The summed E-state index contributed by atoms with van der Waals surface area (Å²) in [7, 11) is 0. The summed E-state index contributed by atoms with van der Waals surface area (Å²) >= 11 is 0. The molecule has 2 aliphatic rings. The smallest absolute Gasteiger partial charge is 0.0384 e. The lowest BCUT2D eigenvalue weighted by Gasteiger charge is -2.11. The van der Waals surface area contributed by atoms with E-state index in [2.05, 4.69) is 127 Å². The molecule has 0 heterocycles. The van der Waals surface area contributed by atoms with Gasteiger partial charge >= 0.3 is 0 Å². The van der Waals surface area contributed by atoms with Crippen LogP contribution in [-0.4, -0.2) is 0 Å². The van der Waals surface area contributed by atoms with Crippen LogP contribution in [0.5, 0.6) is 0 Å². The van der Waals surface area contributed by atoms with E-state index < -0.39 is 0 Å². The van der Waals surface area contributed by atoms with Crippen molar-refractivity contribution in [1.29, 1.82) is 0 Å². The predicted octanol–water partition coefficient (Wildman–Crippen LogP) is 8.35. The molecule has 0 aromatic heterocycles. The van der Waals surface area contributed by atoms with Crippen LogP contribution in [0, 0.1) is 11.8 Å². The Morgan fingerprint density at radius 1 is 0.531 bits per heavy atom. The van der Waals surface area contributed by atoms with Gasteiger partial charge in [0.05, 0.1) is 0 Å². The van der Waals surface area contributed by atoms with Gasteiger partial charge in [0.2, 0.25) is 0 Å². The molecule has 1 fully saturated rings. The van der Waals surface area contributed by atoms with Gasteiger partial charge in [0.25, 0.3) is 0 Å². The van der Waals surface area contributed by atoms with Crippen molar-refractivity contribution in [3.8, 4) is 22.3 Å². The van der Waals surface area contributed by atoms with E-state index in [1.54, 1.807) is 0 Å². The molecule has 1 nitrogen and oxygen atoms in total. The molecule has 2 atom stereocenters. The fourth-order valence-electron chi connectivity index (χ4n) is 4.52. The molecular weight excluding hydrogens is 386 g/mol. The fraction of sp³-hybridized carbons (Fsp3) is 0.0968. The van der Waals surface area contributed by atoms with Crippen LogP contribution in [0.15, 0.2) is 121 Å². The molecule has 0 radical (unpaired) electrons. The highest BCUT2D eigenvalue weighted by molar-refractivity contribution is 5.78. The normalized spacial score (nSPS) is 18.6. The molecule has 0 amide bonds. The lowest BCUT2D eigenvalue weighted by molar-refractivity contribution is 0.985. The lowest BCUT2D eigenvalue weighted by atomic mass is 9.99. The molecule has 0 bridgehead atoms. The summed E-state index contributed by atoms with van der Waals surface area (Å²) in [6, 6.07) is 36.7. The van der Waals surface area contributed by atoms with Crippen molar-refractivity contribution < 1.29 is 0 Å². The molecule has 1 saturated carbocycles. The number of anilines is 2. The predicted molar refractivity (Wildman–Crippen MR) is 136 cm³/mol. The van der Waals surface area contributed by atoms with Crippen molar-refractivity contribution in [2.24, 2.45) is 11.8 Å².